The summed E-state index contributed by atoms with van der Waals surface area (Å²) in [5, 5.41) is 22.4. The summed E-state index contributed by atoms with van der Waals surface area (Å²) >= 11 is 0. The highest BCUT2D eigenvalue weighted by Crippen LogP contribution is 2.39. The van der Waals surface area contributed by atoms with E-state index in [1.807, 2.05) is 0 Å². The van der Waals surface area contributed by atoms with Crippen molar-refractivity contribution in [2.24, 2.45) is 16.7 Å². The van der Waals surface area contributed by atoms with E-state index in [1.54, 1.807) is 11.5 Å². The van der Waals surface area contributed by atoms with E-state index in [9.17, 15) is 5.11 Å². The van der Waals surface area contributed by atoms with E-state index in [4.69, 9.17) is 27.3 Å². The molecule has 9 N–H and O–H groups in total. The van der Waals surface area contributed by atoms with Crippen LogP contribution in [0.3, 0.4) is 0 Å². The van der Waals surface area contributed by atoms with Gasteiger partial charge in [0.05, 0.1) is 23.2 Å². The normalized spacial score (nSPS) is 25.2. The highest BCUT2D eigenvalue weighted by atomic mass is 16.5. The quantitative estimate of drug-likeness (QED) is 0.136. The van der Waals surface area contributed by atoms with Gasteiger partial charge in [0.2, 0.25) is 0 Å². The Morgan fingerprint density at radius 2 is 2.26 bits per heavy atom. The number of amidine groups is 1. The lowest BCUT2D eigenvalue weighted by molar-refractivity contribution is -0.00525. The number of hydrazine groups is 1. The van der Waals surface area contributed by atoms with Crippen LogP contribution in [0, 0.1) is 0 Å². The second kappa shape index (κ2) is 5.53. The molecule has 2 aromatic heterocycles. The second-order valence-electron chi connectivity index (χ2n) is 5.28. The SMILES string of the molecule is C[C@H]1O[C@@H](n2c(NN)c(C(N)=NO)c3c(N)ncnc32)C[C@@H]1O. The van der Waals surface area contributed by atoms with Crippen molar-refractivity contribution in [2.45, 2.75) is 31.8 Å². The minimum atomic E-state index is -0.630. The first kappa shape index (κ1) is 15.3. The zero-order chi connectivity index (χ0) is 16.7. The molecular weight excluding hydrogens is 304 g/mol. The van der Waals surface area contributed by atoms with E-state index >= 15 is 0 Å². The zero-order valence-corrected chi connectivity index (χ0v) is 12.3. The molecule has 1 fully saturated rings. The monoisotopic (exact) mass is 322 g/mol. The van der Waals surface area contributed by atoms with Crippen LogP contribution in [-0.2, 0) is 4.74 Å². The predicted octanol–water partition coefficient (Wildman–Crippen LogP) is -0.938. The maximum absolute atomic E-state index is 9.95. The van der Waals surface area contributed by atoms with E-state index in [0.717, 1.165) is 0 Å². The Morgan fingerprint density at radius 1 is 1.52 bits per heavy atom. The van der Waals surface area contributed by atoms with Crippen LogP contribution in [0.5, 0.6) is 0 Å². The molecule has 124 valence electrons. The van der Waals surface area contributed by atoms with Crippen molar-refractivity contribution >= 4 is 28.5 Å². The largest absolute Gasteiger partial charge is 0.409 e. The Bertz CT molecular complexity index is 763. The van der Waals surface area contributed by atoms with Gasteiger partial charge in [0.1, 0.15) is 29.8 Å². The molecule has 3 rings (SSSR count). The summed E-state index contributed by atoms with van der Waals surface area (Å²) in [5.74, 6) is 5.88. The van der Waals surface area contributed by atoms with Crippen LogP contribution in [0.4, 0.5) is 11.6 Å². The number of aliphatic hydroxyl groups excluding tert-OH is 1. The lowest BCUT2D eigenvalue weighted by Gasteiger charge is -2.17. The Morgan fingerprint density at radius 3 is 2.83 bits per heavy atom. The molecule has 0 aromatic carbocycles. The van der Waals surface area contributed by atoms with Crippen LogP contribution in [0.1, 0.15) is 25.1 Å². The van der Waals surface area contributed by atoms with E-state index in [2.05, 4.69) is 20.5 Å². The standard InChI is InChI=1S/C12H18N8O3/c1-4-5(21)2-6(23-4)20-11-7(9(13)16-3-17-11)8(10(14)19-22)12(20)18-15/h3-6,18,21-22H,2,15H2,1H3,(H2,14,19)(H2,13,16,17)/t4-,5+,6-/m1/s1. The van der Waals surface area contributed by atoms with Gasteiger partial charge < -0.3 is 31.9 Å². The molecule has 0 radical (unpaired) electrons. The third-order valence-electron chi connectivity index (χ3n) is 3.96. The average molecular weight is 322 g/mol. The van der Waals surface area contributed by atoms with Gasteiger partial charge in [-0.3, -0.25) is 4.57 Å². The van der Waals surface area contributed by atoms with Gasteiger partial charge in [0.15, 0.2) is 5.84 Å². The number of rotatable bonds is 3. The number of nitrogens with two attached hydrogens (primary N) is 3. The van der Waals surface area contributed by atoms with E-state index in [0.29, 0.717) is 23.3 Å². The van der Waals surface area contributed by atoms with Gasteiger partial charge >= 0.3 is 0 Å². The summed E-state index contributed by atoms with van der Waals surface area (Å²) in [6.07, 6.45) is 0.102. The van der Waals surface area contributed by atoms with Crippen LogP contribution in [0.25, 0.3) is 11.0 Å². The molecule has 0 amide bonds. The number of oxime groups is 1. The molecule has 3 heterocycles. The van der Waals surface area contributed by atoms with Crippen molar-refractivity contribution in [1.29, 1.82) is 0 Å². The Hall–Kier alpha value is -2.63. The Balaban J connectivity index is 2.31. The highest BCUT2D eigenvalue weighted by Gasteiger charge is 2.36. The minimum Gasteiger partial charge on any atom is -0.409 e. The first-order valence-electron chi connectivity index (χ1n) is 6.92. The molecule has 2 aromatic rings. The van der Waals surface area contributed by atoms with Crippen molar-refractivity contribution in [2.75, 3.05) is 11.2 Å². The number of ether oxygens (including phenoxy) is 1. The Labute approximate surface area is 130 Å². The van der Waals surface area contributed by atoms with Crippen molar-refractivity contribution in [3.05, 3.63) is 11.9 Å². The fourth-order valence-corrected chi connectivity index (χ4v) is 2.84. The van der Waals surface area contributed by atoms with Gasteiger partial charge in [0, 0.05) is 6.42 Å². The van der Waals surface area contributed by atoms with Crippen molar-refractivity contribution in [3.63, 3.8) is 0 Å². The number of aliphatic hydroxyl groups is 1. The van der Waals surface area contributed by atoms with Crippen LogP contribution in [-0.4, -0.2) is 42.9 Å². The molecule has 11 nitrogen and oxygen atoms in total. The second-order valence-corrected chi connectivity index (χ2v) is 5.28. The minimum absolute atomic E-state index is 0.151. The first-order valence-corrected chi connectivity index (χ1v) is 6.92. The number of nitrogen functional groups attached to an aromatic ring is 2. The summed E-state index contributed by atoms with van der Waals surface area (Å²) in [6, 6.07) is 0. The van der Waals surface area contributed by atoms with Gasteiger partial charge in [-0.1, -0.05) is 5.16 Å². The molecule has 23 heavy (non-hydrogen) atoms. The van der Waals surface area contributed by atoms with E-state index < -0.39 is 12.3 Å². The number of fused-ring (bicyclic) bond motifs is 1. The van der Waals surface area contributed by atoms with Crippen LogP contribution in [0.15, 0.2) is 11.5 Å². The third-order valence-corrected chi connectivity index (χ3v) is 3.96. The molecule has 11 heteroatoms. The van der Waals surface area contributed by atoms with Crippen molar-refractivity contribution < 1.29 is 15.1 Å². The molecule has 3 atom stereocenters. The van der Waals surface area contributed by atoms with E-state index in [-0.39, 0.29) is 23.3 Å². The van der Waals surface area contributed by atoms with Gasteiger partial charge in [0.25, 0.3) is 0 Å². The summed E-state index contributed by atoms with van der Waals surface area (Å²) in [6.45, 7) is 1.76. The maximum Gasteiger partial charge on any atom is 0.174 e. The third kappa shape index (κ3) is 2.21. The molecule has 1 aliphatic heterocycles. The van der Waals surface area contributed by atoms with Gasteiger partial charge in [-0.2, -0.15) is 0 Å². The molecule has 1 saturated heterocycles. The number of nitrogens with zero attached hydrogens (tertiary/aromatic N) is 4. The lowest BCUT2D eigenvalue weighted by Crippen LogP contribution is -2.21. The van der Waals surface area contributed by atoms with Crippen LogP contribution in [0.2, 0.25) is 0 Å². The molecular formula is C12H18N8O3. The van der Waals surface area contributed by atoms with Crippen molar-refractivity contribution in [3.8, 4) is 0 Å². The van der Waals surface area contributed by atoms with Gasteiger partial charge in [-0.05, 0) is 6.92 Å². The maximum atomic E-state index is 9.95. The van der Waals surface area contributed by atoms with Crippen molar-refractivity contribution in [1.82, 2.24) is 14.5 Å². The average Bonchev–Trinajstić information content (AvgIpc) is 3.04. The fourth-order valence-electron chi connectivity index (χ4n) is 2.84. The molecule has 0 aliphatic carbocycles. The number of nitrogens with one attached hydrogen (secondary N) is 1. The molecule has 0 bridgehead atoms. The molecule has 1 aliphatic rings. The highest BCUT2D eigenvalue weighted by molar-refractivity contribution is 6.15. The Kier molecular flexibility index (Phi) is 3.67. The van der Waals surface area contributed by atoms with E-state index in [1.165, 1.54) is 6.33 Å². The smallest absolute Gasteiger partial charge is 0.174 e. The van der Waals surface area contributed by atoms with Crippen LogP contribution < -0.4 is 22.7 Å². The first-order chi connectivity index (χ1) is 11.0. The predicted molar refractivity (Wildman–Crippen MR) is 82.5 cm³/mol. The number of aromatic nitrogens is 3. The number of hydrogen-bond acceptors (Lipinski definition) is 9. The fraction of sp³-hybridized carbons (Fsp3) is 0.417. The summed E-state index contributed by atoms with van der Waals surface area (Å²) < 4.78 is 7.37. The molecule has 0 saturated carbocycles. The summed E-state index contributed by atoms with van der Waals surface area (Å²) in [7, 11) is 0. The zero-order valence-electron chi connectivity index (χ0n) is 12.3. The van der Waals surface area contributed by atoms with Crippen LogP contribution >= 0.6 is 0 Å². The molecule has 0 spiro atoms. The van der Waals surface area contributed by atoms with Gasteiger partial charge in [-0.25, -0.2) is 15.8 Å². The summed E-state index contributed by atoms with van der Waals surface area (Å²) in [4.78, 5) is 8.14. The number of anilines is 2. The van der Waals surface area contributed by atoms with Gasteiger partial charge in [-0.15, -0.1) is 0 Å². The molecule has 0 unspecified atom stereocenters. The summed E-state index contributed by atoms with van der Waals surface area (Å²) in [5.41, 5.74) is 14.9. The topological polar surface area (TPSA) is 183 Å². The lowest BCUT2D eigenvalue weighted by atomic mass is 10.2. The number of hydrogen-bond donors (Lipinski definition) is 6.